The van der Waals surface area contributed by atoms with Gasteiger partial charge in [-0.2, -0.15) is 0 Å². The minimum Gasteiger partial charge on any atom is -0.457 e. The number of ether oxygens (including phenoxy) is 2. The van der Waals surface area contributed by atoms with Crippen LogP contribution in [0.3, 0.4) is 0 Å². The molecule has 0 radical (unpaired) electrons. The molecule has 0 aliphatic heterocycles. The standard InChI is InChI=1S/C46H92NO7P/c1-3-5-7-9-11-13-15-17-19-20-21-22-23-24-25-27-29-31-33-35-37-39-46(48)54-45(44-53-55(49,50)52-42-40-47)43-51-41-38-36-34-32-30-28-26-18-16-14-12-10-8-6-4-2/h20-21,45H,3-19,22-44,47H2,1-2H3,(H,49,50)/b21-20-. The van der Waals surface area contributed by atoms with Gasteiger partial charge in [0.1, 0.15) is 6.10 Å². The molecule has 0 heterocycles. The lowest BCUT2D eigenvalue weighted by molar-refractivity contribution is -0.154. The van der Waals surface area contributed by atoms with Gasteiger partial charge in [-0.05, 0) is 38.5 Å². The van der Waals surface area contributed by atoms with Gasteiger partial charge in [-0.1, -0.05) is 206 Å². The fraction of sp³-hybridized carbons (Fsp3) is 0.935. The summed E-state index contributed by atoms with van der Waals surface area (Å²) in [6, 6.07) is 0. The van der Waals surface area contributed by atoms with E-state index in [2.05, 4.69) is 26.0 Å². The van der Waals surface area contributed by atoms with Crippen molar-refractivity contribution in [2.75, 3.05) is 33.0 Å². The zero-order chi connectivity index (χ0) is 40.2. The van der Waals surface area contributed by atoms with E-state index in [0.29, 0.717) is 13.0 Å². The molecule has 0 aliphatic carbocycles. The maximum absolute atomic E-state index is 12.6. The number of rotatable bonds is 46. The van der Waals surface area contributed by atoms with E-state index in [0.717, 1.165) is 32.1 Å². The van der Waals surface area contributed by atoms with E-state index in [1.807, 2.05) is 0 Å². The monoisotopic (exact) mass is 802 g/mol. The number of hydrogen-bond acceptors (Lipinski definition) is 7. The maximum atomic E-state index is 12.6. The van der Waals surface area contributed by atoms with Crippen LogP contribution in [-0.4, -0.2) is 49.9 Å². The molecule has 328 valence electrons. The summed E-state index contributed by atoms with van der Waals surface area (Å²) >= 11 is 0. The average molecular weight is 802 g/mol. The van der Waals surface area contributed by atoms with Crippen molar-refractivity contribution in [3.63, 3.8) is 0 Å². The molecule has 0 aromatic heterocycles. The van der Waals surface area contributed by atoms with E-state index in [9.17, 15) is 14.3 Å². The van der Waals surface area contributed by atoms with Crippen LogP contribution in [-0.2, 0) is 27.9 Å². The second-order valence-electron chi connectivity index (χ2n) is 16.0. The zero-order valence-corrected chi connectivity index (χ0v) is 37.3. The Bertz CT molecular complexity index is 858. The van der Waals surface area contributed by atoms with Gasteiger partial charge < -0.3 is 20.1 Å². The van der Waals surface area contributed by atoms with Crippen LogP contribution in [0.15, 0.2) is 12.2 Å². The predicted octanol–water partition coefficient (Wildman–Crippen LogP) is 14.3. The lowest BCUT2D eigenvalue weighted by atomic mass is 10.0. The molecular formula is C46H92NO7P. The average Bonchev–Trinajstić information content (AvgIpc) is 3.17. The molecule has 0 amide bonds. The third kappa shape index (κ3) is 44.2. The summed E-state index contributed by atoms with van der Waals surface area (Å²) < 4.78 is 33.5. The van der Waals surface area contributed by atoms with Gasteiger partial charge >= 0.3 is 13.8 Å². The lowest BCUT2D eigenvalue weighted by Gasteiger charge is -2.20. The zero-order valence-electron chi connectivity index (χ0n) is 36.4. The number of hydrogen-bond donors (Lipinski definition) is 2. The van der Waals surface area contributed by atoms with Gasteiger partial charge in [-0.15, -0.1) is 0 Å². The van der Waals surface area contributed by atoms with Gasteiger partial charge in [0.15, 0.2) is 0 Å². The Morgan fingerprint density at radius 3 is 1.33 bits per heavy atom. The molecule has 9 heteroatoms. The first-order valence-electron chi connectivity index (χ1n) is 23.7. The number of allylic oxidation sites excluding steroid dienone is 2. The number of carbonyl (C=O) groups excluding carboxylic acids is 1. The molecule has 0 rings (SSSR count). The smallest absolute Gasteiger partial charge is 0.457 e. The molecule has 0 saturated heterocycles. The largest absolute Gasteiger partial charge is 0.472 e. The number of carbonyl (C=O) groups is 1. The van der Waals surface area contributed by atoms with Crippen LogP contribution >= 0.6 is 7.82 Å². The second-order valence-corrected chi connectivity index (χ2v) is 17.4. The van der Waals surface area contributed by atoms with Crippen molar-refractivity contribution in [3.05, 3.63) is 12.2 Å². The van der Waals surface area contributed by atoms with Crippen molar-refractivity contribution in [1.29, 1.82) is 0 Å². The molecule has 0 fully saturated rings. The summed E-state index contributed by atoms with van der Waals surface area (Å²) in [6.07, 6.45) is 48.0. The molecule has 0 aliphatic rings. The Morgan fingerprint density at radius 2 is 0.909 bits per heavy atom. The van der Waals surface area contributed by atoms with E-state index in [4.69, 9.17) is 24.3 Å². The Morgan fingerprint density at radius 1 is 0.527 bits per heavy atom. The van der Waals surface area contributed by atoms with Gasteiger partial charge in [-0.3, -0.25) is 13.8 Å². The Balaban J connectivity index is 3.94. The molecule has 55 heavy (non-hydrogen) atoms. The molecule has 0 aromatic carbocycles. The van der Waals surface area contributed by atoms with Crippen LogP contribution in [0.5, 0.6) is 0 Å². The SMILES string of the molecule is CCCCCCCCCC/C=C\CCCCCCCCCCCC(=O)OC(COCCCCCCCCCCCCCCCCC)COP(=O)(O)OCCN. The molecular weight excluding hydrogens is 709 g/mol. The molecule has 3 N–H and O–H groups in total. The first-order chi connectivity index (χ1) is 26.9. The van der Waals surface area contributed by atoms with Crippen molar-refractivity contribution in [2.24, 2.45) is 5.73 Å². The van der Waals surface area contributed by atoms with E-state index in [1.165, 1.54) is 186 Å². The number of nitrogens with two attached hydrogens (primary N) is 1. The third-order valence-electron chi connectivity index (χ3n) is 10.4. The number of phosphoric ester groups is 1. The third-order valence-corrected chi connectivity index (χ3v) is 11.4. The lowest BCUT2D eigenvalue weighted by Crippen LogP contribution is -2.28. The summed E-state index contributed by atoms with van der Waals surface area (Å²) in [7, 11) is -4.27. The Kier molecular flexibility index (Phi) is 43.7. The fourth-order valence-corrected chi connectivity index (χ4v) is 7.70. The molecule has 0 saturated carbocycles. The maximum Gasteiger partial charge on any atom is 0.472 e. The highest BCUT2D eigenvalue weighted by Gasteiger charge is 2.25. The van der Waals surface area contributed by atoms with Crippen molar-refractivity contribution in [1.82, 2.24) is 0 Å². The minimum absolute atomic E-state index is 0.0923. The van der Waals surface area contributed by atoms with Crippen LogP contribution in [0.25, 0.3) is 0 Å². The van der Waals surface area contributed by atoms with Crippen LogP contribution in [0.1, 0.15) is 239 Å². The molecule has 8 nitrogen and oxygen atoms in total. The van der Waals surface area contributed by atoms with Crippen LogP contribution in [0.4, 0.5) is 0 Å². The van der Waals surface area contributed by atoms with E-state index < -0.39 is 13.9 Å². The molecule has 0 bridgehead atoms. The molecule has 0 aromatic rings. The van der Waals surface area contributed by atoms with Crippen molar-refractivity contribution >= 4 is 13.8 Å². The van der Waals surface area contributed by atoms with E-state index >= 15 is 0 Å². The summed E-state index contributed by atoms with van der Waals surface area (Å²) in [4.78, 5) is 22.5. The topological polar surface area (TPSA) is 117 Å². The summed E-state index contributed by atoms with van der Waals surface area (Å²) in [5, 5.41) is 0. The Hall–Kier alpha value is -0.760. The normalized spacial score (nSPS) is 13.5. The first kappa shape index (κ1) is 54.2. The van der Waals surface area contributed by atoms with Gasteiger partial charge in [0, 0.05) is 19.6 Å². The van der Waals surface area contributed by atoms with E-state index in [-0.39, 0.29) is 32.3 Å². The van der Waals surface area contributed by atoms with Crippen LogP contribution < -0.4 is 5.73 Å². The van der Waals surface area contributed by atoms with Crippen molar-refractivity contribution in [2.45, 2.75) is 245 Å². The fourth-order valence-electron chi connectivity index (χ4n) is 6.93. The van der Waals surface area contributed by atoms with Gasteiger partial charge in [0.05, 0.1) is 19.8 Å². The number of esters is 1. The predicted molar refractivity (Wildman–Crippen MR) is 234 cm³/mol. The summed E-state index contributed by atoms with van der Waals surface area (Å²) in [5.74, 6) is -0.327. The van der Waals surface area contributed by atoms with Crippen LogP contribution in [0, 0.1) is 0 Å². The van der Waals surface area contributed by atoms with E-state index in [1.54, 1.807) is 0 Å². The van der Waals surface area contributed by atoms with Crippen LogP contribution in [0.2, 0.25) is 0 Å². The highest BCUT2D eigenvalue weighted by molar-refractivity contribution is 7.47. The minimum atomic E-state index is -4.27. The number of unbranched alkanes of at least 4 members (excludes halogenated alkanes) is 31. The highest BCUT2D eigenvalue weighted by atomic mass is 31.2. The summed E-state index contributed by atoms with van der Waals surface area (Å²) in [5.41, 5.74) is 5.38. The molecule has 2 unspecified atom stereocenters. The Labute approximate surface area is 341 Å². The summed E-state index contributed by atoms with van der Waals surface area (Å²) in [6.45, 7) is 4.97. The molecule has 2 atom stereocenters. The highest BCUT2D eigenvalue weighted by Crippen LogP contribution is 2.43. The number of phosphoric acid groups is 1. The van der Waals surface area contributed by atoms with Gasteiger partial charge in [-0.25, -0.2) is 4.57 Å². The van der Waals surface area contributed by atoms with Gasteiger partial charge in [0.25, 0.3) is 0 Å². The van der Waals surface area contributed by atoms with Crippen molar-refractivity contribution < 1.29 is 32.8 Å². The van der Waals surface area contributed by atoms with Gasteiger partial charge in [0.2, 0.25) is 0 Å². The van der Waals surface area contributed by atoms with Crippen molar-refractivity contribution in [3.8, 4) is 0 Å². The quantitative estimate of drug-likeness (QED) is 0.0270. The molecule has 0 spiro atoms. The second kappa shape index (κ2) is 44.3. The first-order valence-corrected chi connectivity index (χ1v) is 25.2.